The minimum Gasteiger partial charge on any atom is -0.444 e. The number of hydrogen-bond acceptors (Lipinski definition) is 4. The van der Waals surface area contributed by atoms with Gasteiger partial charge in [0.15, 0.2) is 0 Å². The molecule has 0 spiro atoms. The lowest BCUT2D eigenvalue weighted by Crippen LogP contribution is -2.48. The Hall–Kier alpha value is -2.38. The van der Waals surface area contributed by atoms with Gasteiger partial charge in [0, 0.05) is 42.6 Å². The van der Waals surface area contributed by atoms with Crippen LogP contribution in [0.2, 0.25) is 0 Å². The zero-order chi connectivity index (χ0) is 24.9. The molecule has 1 aliphatic rings. The number of amides is 2. The lowest BCUT2D eigenvalue weighted by molar-refractivity contribution is 0.00331. The van der Waals surface area contributed by atoms with E-state index in [-0.39, 0.29) is 17.4 Å². The van der Waals surface area contributed by atoms with Gasteiger partial charge in [0.05, 0.1) is 13.2 Å². The largest absolute Gasteiger partial charge is 0.444 e. The van der Waals surface area contributed by atoms with E-state index in [2.05, 4.69) is 28.1 Å². The lowest BCUT2D eigenvalue weighted by atomic mass is 9.73. The predicted octanol–water partition coefficient (Wildman–Crippen LogP) is 5.64. The number of ether oxygens (including phenoxy) is 2. The Morgan fingerprint density at radius 1 is 1.06 bits per heavy atom. The van der Waals surface area contributed by atoms with Crippen molar-refractivity contribution in [2.24, 2.45) is 0 Å². The summed E-state index contributed by atoms with van der Waals surface area (Å²) < 4.78 is 12.7. The third-order valence-corrected chi connectivity index (χ3v) is 6.47. The van der Waals surface area contributed by atoms with Crippen molar-refractivity contribution in [3.63, 3.8) is 0 Å². The van der Waals surface area contributed by atoms with E-state index in [1.807, 2.05) is 57.2 Å². The van der Waals surface area contributed by atoms with Crippen LogP contribution >= 0.6 is 15.9 Å². The van der Waals surface area contributed by atoms with Crippen molar-refractivity contribution in [1.82, 2.24) is 9.80 Å². The molecule has 1 saturated heterocycles. The molecule has 1 fully saturated rings. The zero-order valence-electron chi connectivity index (χ0n) is 20.8. The summed E-state index contributed by atoms with van der Waals surface area (Å²) in [7, 11) is 3.49. The third kappa shape index (κ3) is 6.83. The predicted molar refractivity (Wildman–Crippen MR) is 137 cm³/mol. The molecule has 1 aliphatic heterocycles. The maximum atomic E-state index is 12.6. The van der Waals surface area contributed by atoms with Crippen molar-refractivity contribution < 1.29 is 19.1 Å². The minimum absolute atomic E-state index is 0.0437. The summed E-state index contributed by atoms with van der Waals surface area (Å²) in [6.07, 6.45) is 1.32. The van der Waals surface area contributed by atoms with E-state index in [1.54, 1.807) is 23.9 Å². The summed E-state index contributed by atoms with van der Waals surface area (Å²) in [6.45, 7) is 7.82. The molecule has 184 valence electrons. The smallest absolute Gasteiger partial charge is 0.410 e. The standard InChI is InChI=1S/C27H35BrN2O4/c1-26(2,3)34-25(32)30-13-11-27(12-14-30,22-9-7-6-8-10-22)19-33-18-20-15-21(17-23(28)16-20)24(31)29(4)5/h6-10,15-17H,11-14,18-19H2,1-5H3. The van der Waals surface area contributed by atoms with Crippen molar-refractivity contribution in [3.05, 3.63) is 69.7 Å². The highest BCUT2D eigenvalue weighted by Crippen LogP contribution is 2.36. The van der Waals surface area contributed by atoms with Gasteiger partial charge < -0.3 is 19.3 Å². The molecule has 0 bridgehead atoms. The number of rotatable bonds is 6. The topological polar surface area (TPSA) is 59.1 Å². The number of piperidine rings is 1. The number of nitrogens with zero attached hydrogens (tertiary/aromatic N) is 2. The van der Waals surface area contributed by atoms with E-state index in [4.69, 9.17) is 9.47 Å². The highest BCUT2D eigenvalue weighted by atomic mass is 79.9. The fourth-order valence-electron chi connectivity index (χ4n) is 4.23. The monoisotopic (exact) mass is 530 g/mol. The fraction of sp³-hybridized carbons (Fsp3) is 0.481. The van der Waals surface area contributed by atoms with Crippen LogP contribution in [-0.2, 0) is 21.5 Å². The third-order valence-electron chi connectivity index (χ3n) is 6.02. The van der Waals surface area contributed by atoms with Gasteiger partial charge in [-0.25, -0.2) is 4.79 Å². The summed E-state index contributed by atoms with van der Waals surface area (Å²) in [4.78, 5) is 28.3. The molecule has 7 heteroatoms. The van der Waals surface area contributed by atoms with Crippen molar-refractivity contribution in [2.45, 2.75) is 51.2 Å². The number of halogens is 1. The molecule has 3 rings (SSSR count). The maximum Gasteiger partial charge on any atom is 0.410 e. The van der Waals surface area contributed by atoms with Crippen molar-refractivity contribution in [2.75, 3.05) is 33.8 Å². The zero-order valence-corrected chi connectivity index (χ0v) is 22.4. The number of hydrogen-bond donors (Lipinski definition) is 0. The van der Waals surface area contributed by atoms with Gasteiger partial charge in [-0.05, 0) is 62.9 Å². The number of benzene rings is 2. The van der Waals surface area contributed by atoms with E-state index in [9.17, 15) is 9.59 Å². The average molecular weight is 531 g/mol. The first-order chi connectivity index (χ1) is 16.0. The number of carbonyl (C=O) groups excluding carboxylic acids is 2. The Balaban J connectivity index is 1.71. The van der Waals surface area contributed by atoms with Gasteiger partial charge in [0.25, 0.3) is 5.91 Å². The Bertz CT molecular complexity index is 993. The fourth-order valence-corrected chi connectivity index (χ4v) is 4.77. The molecule has 6 nitrogen and oxygen atoms in total. The van der Waals surface area contributed by atoms with E-state index in [1.165, 1.54) is 5.56 Å². The van der Waals surface area contributed by atoms with Crippen LogP contribution in [0.3, 0.4) is 0 Å². The molecule has 0 N–H and O–H groups in total. The van der Waals surface area contributed by atoms with Gasteiger partial charge in [-0.2, -0.15) is 0 Å². The van der Waals surface area contributed by atoms with E-state index in [0.717, 1.165) is 22.9 Å². The van der Waals surface area contributed by atoms with Gasteiger partial charge in [0.2, 0.25) is 0 Å². The van der Waals surface area contributed by atoms with Crippen molar-refractivity contribution >= 4 is 27.9 Å². The van der Waals surface area contributed by atoms with E-state index in [0.29, 0.717) is 31.9 Å². The SMILES string of the molecule is CN(C)C(=O)c1cc(Br)cc(COCC2(c3ccccc3)CCN(C(=O)OC(C)(C)C)CC2)c1. The normalized spacial score (nSPS) is 15.6. The average Bonchev–Trinajstić information content (AvgIpc) is 2.78. The molecular weight excluding hydrogens is 496 g/mol. The number of likely N-dealkylation sites (tertiary alicyclic amines) is 1. The van der Waals surface area contributed by atoms with E-state index >= 15 is 0 Å². The quantitative estimate of drug-likeness (QED) is 0.485. The molecule has 2 aromatic rings. The Kier molecular flexibility index (Phi) is 8.42. The highest BCUT2D eigenvalue weighted by Gasteiger charge is 2.38. The molecule has 1 heterocycles. The van der Waals surface area contributed by atoms with Gasteiger partial charge in [-0.1, -0.05) is 46.3 Å². The van der Waals surface area contributed by atoms with Crippen LogP contribution in [0.25, 0.3) is 0 Å². The minimum atomic E-state index is -0.509. The summed E-state index contributed by atoms with van der Waals surface area (Å²) in [5, 5.41) is 0. The highest BCUT2D eigenvalue weighted by molar-refractivity contribution is 9.10. The Morgan fingerprint density at radius 2 is 1.71 bits per heavy atom. The van der Waals surface area contributed by atoms with Crippen LogP contribution < -0.4 is 0 Å². The molecule has 2 aromatic carbocycles. The van der Waals surface area contributed by atoms with Crippen LogP contribution in [0, 0.1) is 0 Å². The Morgan fingerprint density at radius 3 is 2.29 bits per heavy atom. The van der Waals surface area contributed by atoms with Gasteiger partial charge in [-0.15, -0.1) is 0 Å². The second-order valence-electron chi connectivity index (χ2n) is 10.2. The molecule has 0 atom stereocenters. The van der Waals surface area contributed by atoms with Crippen LogP contribution in [0.5, 0.6) is 0 Å². The van der Waals surface area contributed by atoms with Gasteiger partial charge in [0.1, 0.15) is 5.60 Å². The van der Waals surface area contributed by atoms with E-state index < -0.39 is 5.60 Å². The molecule has 2 amide bonds. The molecule has 0 aromatic heterocycles. The molecule has 0 radical (unpaired) electrons. The second-order valence-corrected chi connectivity index (χ2v) is 11.1. The van der Waals surface area contributed by atoms with Crippen LogP contribution in [-0.4, -0.2) is 61.2 Å². The molecule has 0 saturated carbocycles. The van der Waals surface area contributed by atoms with Gasteiger partial charge in [-0.3, -0.25) is 4.79 Å². The van der Waals surface area contributed by atoms with Crippen molar-refractivity contribution in [1.29, 1.82) is 0 Å². The first-order valence-corrected chi connectivity index (χ1v) is 12.4. The summed E-state index contributed by atoms with van der Waals surface area (Å²) in [5.41, 5.74) is 2.09. The molecular formula is C27H35BrN2O4. The summed E-state index contributed by atoms with van der Waals surface area (Å²) in [5.74, 6) is -0.0437. The molecule has 34 heavy (non-hydrogen) atoms. The number of carbonyl (C=O) groups is 2. The Labute approximate surface area is 211 Å². The molecule has 0 aliphatic carbocycles. The first kappa shape index (κ1) is 26.2. The van der Waals surface area contributed by atoms with Crippen LogP contribution in [0.4, 0.5) is 4.79 Å². The molecule has 0 unspecified atom stereocenters. The van der Waals surface area contributed by atoms with Gasteiger partial charge >= 0.3 is 6.09 Å². The van der Waals surface area contributed by atoms with Crippen LogP contribution in [0.1, 0.15) is 55.1 Å². The lowest BCUT2D eigenvalue weighted by Gasteiger charge is -2.42. The van der Waals surface area contributed by atoms with Crippen molar-refractivity contribution in [3.8, 4) is 0 Å². The first-order valence-electron chi connectivity index (χ1n) is 11.6. The summed E-state index contributed by atoms with van der Waals surface area (Å²) in [6, 6.07) is 16.1. The van der Waals surface area contributed by atoms with Crippen LogP contribution in [0.15, 0.2) is 53.0 Å². The summed E-state index contributed by atoms with van der Waals surface area (Å²) >= 11 is 3.51. The maximum absolute atomic E-state index is 12.6. The second kappa shape index (κ2) is 10.9.